The number of rotatable bonds is 3. The summed E-state index contributed by atoms with van der Waals surface area (Å²) in [6, 6.07) is 7.17. The molecule has 1 aliphatic rings. The molecule has 124 valence electrons. The number of hydrogen-bond acceptors (Lipinski definition) is 4. The van der Waals surface area contributed by atoms with Gasteiger partial charge in [-0.25, -0.2) is 4.98 Å². The van der Waals surface area contributed by atoms with Gasteiger partial charge in [-0.1, -0.05) is 12.1 Å². The van der Waals surface area contributed by atoms with Gasteiger partial charge in [0, 0.05) is 13.1 Å². The summed E-state index contributed by atoms with van der Waals surface area (Å²) in [6.45, 7) is 2.16. The van der Waals surface area contributed by atoms with Crippen LogP contribution >= 0.6 is 12.4 Å². The van der Waals surface area contributed by atoms with Crippen molar-refractivity contribution in [3.63, 3.8) is 0 Å². The Kier molecular flexibility index (Phi) is 5.74. The van der Waals surface area contributed by atoms with E-state index < -0.39 is 0 Å². The molecular weight excluding hydrogens is 316 g/mol. The number of likely N-dealkylation sites (tertiary alicyclic amines) is 1. The van der Waals surface area contributed by atoms with E-state index in [4.69, 9.17) is 5.73 Å². The summed E-state index contributed by atoms with van der Waals surface area (Å²) in [5, 5.41) is 0.541. The van der Waals surface area contributed by atoms with Crippen LogP contribution in [0.25, 0.3) is 10.9 Å². The Morgan fingerprint density at radius 2 is 1.96 bits per heavy atom. The van der Waals surface area contributed by atoms with Crippen molar-refractivity contribution in [1.82, 2.24) is 14.5 Å². The van der Waals surface area contributed by atoms with Crippen molar-refractivity contribution >= 4 is 29.2 Å². The van der Waals surface area contributed by atoms with E-state index in [9.17, 15) is 9.59 Å². The van der Waals surface area contributed by atoms with E-state index in [1.807, 2.05) is 11.0 Å². The SMILES string of the molecule is Cl.NCC1CCN(C(=O)Cn2cnc3ccccc3c2=O)CC1. The number of fused-ring (bicyclic) bond motifs is 1. The standard InChI is InChI=1S/C16H20N4O2.ClH/c17-9-12-5-7-19(8-6-12)15(21)10-20-11-18-14-4-2-1-3-13(14)16(20)22;/h1-4,11-12H,5-10,17H2;1H. The Morgan fingerprint density at radius 1 is 1.26 bits per heavy atom. The zero-order valence-corrected chi connectivity index (χ0v) is 13.7. The number of benzene rings is 1. The Hall–Kier alpha value is -1.92. The van der Waals surface area contributed by atoms with E-state index in [0.717, 1.165) is 25.9 Å². The van der Waals surface area contributed by atoms with Crippen molar-refractivity contribution in [2.75, 3.05) is 19.6 Å². The van der Waals surface area contributed by atoms with Crippen molar-refractivity contribution < 1.29 is 4.79 Å². The first kappa shape index (κ1) is 17.4. The number of carbonyl (C=O) groups excluding carboxylic acids is 1. The van der Waals surface area contributed by atoms with Crippen molar-refractivity contribution in [3.8, 4) is 0 Å². The predicted octanol–water partition coefficient (Wildman–Crippen LogP) is 1.02. The zero-order valence-electron chi connectivity index (χ0n) is 12.9. The number of aromatic nitrogens is 2. The normalized spacial score (nSPS) is 15.4. The van der Waals surface area contributed by atoms with Crippen molar-refractivity contribution in [2.45, 2.75) is 19.4 Å². The number of carbonyl (C=O) groups is 1. The average molecular weight is 337 g/mol. The summed E-state index contributed by atoms with van der Waals surface area (Å²) in [7, 11) is 0. The molecular formula is C16H21ClN4O2. The van der Waals surface area contributed by atoms with Gasteiger partial charge in [0.2, 0.25) is 5.91 Å². The van der Waals surface area contributed by atoms with Crippen LogP contribution < -0.4 is 11.3 Å². The van der Waals surface area contributed by atoms with Crippen LogP contribution in [0.15, 0.2) is 35.4 Å². The van der Waals surface area contributed by atoms with Gasteiger partial charge in [-0.05, 0) is 37.4 Å². The maximum absolute atomic E-state index is 12.4. The summed E-state index contributed by atoms with van der Waals surface area (Å²) in [5.41, 5.74) is 6.15. The largest absolute Gasteiger partial charge is 0.341 e. The minimum Gasteiger partial charge on any atom is -0.341 e. The number of nitrogens with zero attached hydrogens (tertiary/aromatic N) is 3. The summed E-state index contributed by atoms with van der Waals surface area (Å²) in [6.07, 6.45) is 3.33. The highest BCUT2D eigenvalue weighted by atomic mass is 35.5. The second-order valence-electron chi connectivity index (χ2n) is 5.75. The fourth-order valence-corrected chi connectivity index (χ4v) is 2.88. The van der Waals surface area contributed by atoms with Crippen LogP contribution in [-0.4, -0.2) is 40.0 Å². The van der Waals surface area contributed by atoms with Gasteiger partial charge in [0.05, 0.1) is 17.2 Å². The molecule has 0 radical (unpaired) electrons. The highest BCUT2D eigenvalue weighted by Crippen LogP contribution is 2.16. The number of nitrogens with two attached hydrogens (primary N) is 1. The fourth-order valence-electron chi connectivity index (χ4n) is 2.88. The van der Waals surface area contributed by atoms with E-state index in [0.29, 0.717) is 23.4 Å². The maximum atomic E-state index is 12.4. The first-order valence-electron chi connectivity index (χ1n) is 7.61. The molecule has 7 heteroatoms. The van der Waals surface area contributed by atoms with E-state index >= 15 is 0 Å². The van der Waals surface area contributed by atoms with Crippen LogP contribution in [0, 0.1) is 5.92 Å². The van der Waals surface area contributed by atoms with E-state index in [1.54, 1.807) is 18.2 Å². The Balaban J connectivity index is 0.00000192. The second-order valence-corrected chi connectivity index (χ2v) is 5.75. The monoisotopic (exact) mass is 336 g/mol. The molecule has 0 unspecified atom stereocenters. The van der Waals surface area contributed by atoms with Crippen molar-refractivity contribution in [3.05, 3.63) is 40.9 Å². The maximum Gasteiger partial charge on any atom is 0.261 e. The number of piperidine rings is 1. The molecule has 2 aromatic rings. The summed E-state index contributed by atoms with van der Waals surface area (Å²) >= 11 is 0. The molecule has 0 spiro atoms. The topological polar surface area (TPSA) is 81.2 Å². The first-order chi connectivity index (χ1) is 10.7. The van der Waals surface area contributed by atoms with Crippen LogP contribution in [0.2, 0.25) is 0 Å². The van der Waals surface area contributed by atoms with Crippen LogP contribution in [0.1, 0.15) is 12.8 Å². The fraction of sp³-hybridized carbons (Fsp3) is 0.438. The predicted molar refractivity (Wildman–Crippen MR) is 91.6 cm³/mol. The number of hydrogen-bond donors (Lipinski definition) is 1. The lowest BCUT2D eigenvalue weighted by Gasteiger charge is -2.31. The smallest absolute Gasteiger partial charge is 0.261 e. The highest BCUT2D eigenvalue weighted by molar-refractivity contribution is 5.85. The van der Waals surface area contributed by atoms with Gasteiger partial charge < -0.3 is 10.6 Å². The Morgan fingerprint density at radius 3 is 2.65 bits per heavy atom. The molecule has 2 N–H and O–H groups in total. The number of para-hydroxylation sites is 1. The second kappa shape index (κ2) is 7.57. The molecule has 0 bridgehead atoms. The molecule has 23 heavy (non-hydrogen) atoms. The molecule has 1 fully saturated rings. The quantitative estimate of drug-likeness (QED) is 0.907. The van der Waals surface area contributed by atoms with Gasteiger partial charge in [-0.2, -0.15) is 0 Å². The van der Waals surface area contributed by atoms with E-state index in [2.05, 4.69) is 4.98 Å². The van der Waals surface area contributed by atoms with Gasteiger partial charge in [-0.15, -0.1) is 12.4 Å². The molecule has 1 aromatic carbocycles. The minimum atomic E-state index is -0.171. The molecule has 6 nitrogen and oxygen atoms in total. The number of halogens is 1. The molecule has 3 rings (SSSR count). The minimum absolute atomic E-state index is 0. The lowest BCUT2D eigenvalue weighted by molar-refractivity contribution is -0.133. The molecule has 0 aliphatic carbocycles. The summed E-state index contributed by atoms with van der Waals surface area (Å²) in [5.74, 6) is 0.476. The van der Waals surface area contributed by atoms with Gasteiger partial charge in [0.25, 0.3) is 5.56 Å². The number of amides is 1. The molecule has 0 saturated carbocycles. The van der Waals surface area contributed by atoms with Crippen LogP contribution in [0.3, 0.4) is 0 Å². The summed E-state index contributed by atoms with van der Waals surface area (Å²) < 4.78 is 1.39. The molecule has 0 atom stereocenters. The molecule has 1 aromatic heterocycles. The van der Waals surface area contributed by atoms with Gasteiger partial charge in [-0.3, -0.25) is 14.2 Å². The van der Waals surface area contributed by atoms with E-state index in [1.165, 1.54) is 10.9 Å². The van der Waals surface area contributed by atoms with Crippen LogP contribution in [0.4, 0.5) is 0 Å². The first-order valence-corrected chi connectivity index (χ1v) is 7.61. The van der Waals surface area contributed by atoms with Crippen LogP contribution in [0.5, 0.6) is 0 Å². The van der Waals surface area contributed by atoms with Crippen molar-refractivity contribution in [2.24, 2.45) is 11.7 Å². The third kappa shape index (κ3) is 3.71. The third-order valence-electron chi connectivity index (χ3n) is 4.34. The lowest BCUT2D eigenvalue weighted by Crippen LogP contribution is -2.42. The molecule has 1 aliphatic heterocycles. The van der Waals surface area contributed by atoms with Gasteiger partial charge in [0.15, 0.2) is 0 Å². The zero-order chi connectivity index (χ0) is 15.5. The van der Waals surface area contributed by atoms with Crippen LogP contribution in [-0.2, 0) is 11.3 Å². The third-order valence-corrected chi connectivity index (χ3v) is 4.34. The van der Waals surface area contributed by atoms with E-state index in [-0.39, 0.29) is 30.4 Å². The molecule has 1 amide bonds. The lowest BCUT2D eigenvalue weighted by atomic mass is 9.97. The highest BCUT2D eigenvalue weighted by Gasteiger charge is 2.22. The van der Waals surface area contributed by atoms with Gasteiger partial charge in [0.1, 0.15) is 6.54 Å². The Labute approximate surface area is 140 Å². The molecule has 1 saturated heterocycles. The molecule has 2 heterocycles. The Bertz CT molecular complexity index is 738. The van der Waals surface area contributed by atoms with Gasteiger partial charge >= 0.3 is 0 Å². The average Bonchev–Trinajstić information content (AvgIpc) is 2.57. The van der Waals surface area contributed by atoms with Crippen molar-refractivity contribution in [1.29, 1.82) is 0 Å². The summed E-state index contributed by atoms with van der Waals surface area (Å²) in [4.78, 5) is 30.8.